The van der Waals surface area contributed by atoms with Gasteiger partial charge in [0.1, 0.15) is 11.5 Å². The minimum Gasteiger partial charge on any atom is -0.495 e. The van der Waals surface area contributed by atoms with Crippen LogP contribution in [0.2, 0.25) is 5.02 Å². The number of ether oxygens (including phenoxy) is 3. The van der Waals surface area contributed by atoms with Crippen molar-refractivity contribution in [3.8, 4) is 11.5 Å². The molecule has 0 aromatic heterocycles. The average Bonchev–Trinajstić information content (AvgIpc) is 2.62. The summed E-state index contributed by atoms with van der Waals surface area (Å²) in [6.45, 7) is 6.75. The molecule has 0 bridgehead atoms. The number of hydrogen-bond acceptors (Lipinski definition) is 5. The van der Waals surface area contributed by atoms with Crippen molar-refractivity contribution in [1.29, 1.82) is 0 Å². The van der Waals surface area contributed by atoms with Crippen molar-refractivity contribution >= 4 is 40.6 Å². The molecule has 0 aliphatic rings. The number of benzene rings is 1. The maximum atomic E-state index is 11.4. The Labute approximate surface area is 160 Å². The molecular formula is C17H27ClN2O4S. The summed E-state index contributed by atoms with van der Waals surface area (Å²) in [5, 5.41) is 6.71. The second kappa shape index (κ2) is 13.5. The Morgan fingerprint density at radius 2 is 1.84 bits per heavy atom. The van der Waals surface area contributed by atoms with Gasteiger partial charge < -0.3 is 24.8 Å². The van der Waals surface area contributed by atoms with Crippen molar-refractivity contribution < 1.29 is 19.0 Å². The summed E-state index contributed by atoms with van der Waals surface area (Å²) in [6.07, 6.45) is 1.04. The highest BCUT2D eigenvalue weighted by atomic mass is 35.5. The van der Waals surface area contributed by atoms with Gasteiger partial charge in [-0.1, -0.05) is 32.4 Å². The molecule has 0 aliphatic carbocycles. The Kier molecular flexibility index (Phi) is 12.6. The molecule has 0 radical (unpaired) electrons. The van der Waals surface area contributed by atoms with E-state index >= 15 is 0 Å². The van der Waals surface area contributed by atoms with Gasteiger partial charge in [0, 0.05) is 18.7 Å². The fourth-order valence-electron chi connectivity index (χ4n) is 1.69. The van der Waals surface area contributed by atoms with Crippen molar-refractivity contribution in [3.05, 3.63) is 17.2 Å². The number of carbonyl (C=O) groups excluding carboxylic acids is 1. The predicted octanol–water partition coefficient (Wildman–Crippen LogP) is 4.01. The van der Waals surface area contributed by atoms with Gasteiger partial charge >= 0.3 is 5.97 Å². The van der Waals surface area contributed by atoms with E-state index in [1.165, 1.54) is 14.2 Å². The average molecular weight is 391 g/mol. The molecule has 0 unspecified atom stereocenters. The predicted molar refractivity (Wildman–Crippen MR) is 106 cm³/mol. The van der Waals surface area contributed by atoms with E-state index in [2.05, 4.69) is 10.6 Å². The maximum Gasteiger partial charge on any atom is 0.307 e. The van der Waals surface area contributed by atoms with Crippen molar-refractivity contribution in [2.75, 3.05) is 32.7 Å². The second-order valence-corrected chi connectivity index (χ2v) is 5.35. The lowest BCUT2D eigenvalue weighted by atomic mass is 10.2. The Morgan fingerprint density at radius 3 is 2.40 bits per heavy atom. The van der Waals surface area contributed by atoms with E-state index in [-0.39, 0.29) is 12.4 Å². The number of methoxy groups -OCH3 is 2. The third kappa shape index (κ3) is 8.79. The van der Waals surface area contributed by atoms with E-state index in [4.69, 9.17) is 38.0 Å². The van der Waals surface area contributed by atoms with E-state index in [1.54, 1.807) is 12.1 Å². The van der Waals surface area contributed by atoms with Crippen LogP contribution in [0.4, 0.5) is 5.69 Å². The standard InChI is InChI=1S/C15H21ClN2O4S.C2H6/c1-4-7-22-14(19)5-6-17-15(23)18-11-9-12(20-2)10(16)8-13(11)21-3;1-2/h8-9H,4-7H2,1-3H3,(H2,17,18,23);1-2H3. The zero-order valence-electron chi connectivity index (χ0n) is 15.4. The first-order valence-corrected chi connectivity index (χ1v) is 8.92. The normalized spacial score (nSPS) is 9.36. The van der Waals surface area contributed by atoms with Crippen LogP contribution in [0.5, 0.6) is 11.5 Å². The summed E-state index contributed by atoms with van der Waals surface area (Å²) in [5.41, 5.74) is 0.611. The van der Waals surface area contributed by atoms with Crippen LogP contribution in [0.3, 0.4) is 0 Å². The molecule has 1 aromatic carbocycles. The molecule has 0 spiro atoms. The zero-order chi connectivity index (χ0) is 19.2. The van der Waals surface area contributed by atoms with E-state index in [0.29, 0.717) is 40.5 Å². The Hall–Kier alpha value is -1.73. The highest BCUT2D eigenvalue weighted by Gasteiger charge is 2.11. The number of esters is 1. The number of thiocarbonyl (C=S) groups is 1. The molecule has 2 N–H and O–H groups in total. The van der Waals surface area contributed by atoms with Crippen molar-refractivity contribution in [2.45, 2.75) is 33.6 Å². The van der Waals surface area contributed by atoms with E-state index in [0.717, 1.165) is 6.42 Å². The van der Waals surface area contributed by atoms with Crippen molar-refractivity contribution in [2.24, 2.45) is 0 Å². The molecule has 0 heterocycles. The summed E-state index contributed by atoms with van der Waals surface area (Å²) in [4.78, 5) is 11.4. The summed E-state index contributed by atoms with van der Waals surface area (Å²) in [5.74, 6) is 0.774. The quantitative estimate of drug-likeness (QED) is 0.513. The van der Waals surface area contributed by atoms with E-state index < -0.39 is 0 Å². The molecule has 6 nitrogen and oxygen atoms in total. The van der Waals surface area contributed by atoms with Crippen LogP contribution < -0.4 is 20.1 Å². The highest BCUT2D eigenvalue weighted by molar-refractivity contribution is 7.80. The van der Waals surface area contributed by atoms with Crippen LogP contribution in [0.15, 0.2) is 12.1 Å². The van der Waals surface area contributed by atoms with Gasteiger partial charge in [0.05, 0.1) is 38.0 Å². The van der Waals surface area contributed by atoms with Gasteiger partial charge in [-0.3, -0.25) is 4.79 Å². The Morgan fingerprint density at radius 1 is 1.20 bits per heavy atom. The Bertz CT molecular complexity index is 556. The molecule has 0 saturated carbocycles. The number of anilines is 1. The van der Waals surface area contributed by atoms with E-state index in [9.17, 15) is 4.79 Å². The highest BCUT2D eigenvalue weighted by Crippen LogP contribution is 2.35. The minimum absolute atomic E-state index is 0.239. The Balaban J connectivity index is 0.00000277. The molecule has 142 valence electrons. The topological polar surface area (TPSA) is 68.8 Å². The van der Waals surface area contributed by atoms with Crippen LogP contribution >= 0.6 is 23.8 Å². The molecule has 8 heteroatoms. The van der Waals surface area contributed by atoms with Gasteiger partial charge in [-0.15, -0.1) is 0 Å². The molecule has 0 fully saturated rings. The molecule has 0 atom stereocenters. The third-order valence-corrected chi connectivity index (χ3v) is 3.35. The van der Waals surface area contributed by atoms with Gasteiger partial charge in [-0.05, 0) is 18.6 Å². The smallest absolute Gasteiger partial charge is 0.307 e. The molecule has 25 heavy (non-hydrogen) atoms. The number of rotatable bonds is 8. The van der Waals surface area contributed by atoms with Crippen LogP contribution in [-0.2, 0) is 9.53 Å². The molecular weight excluding hydrogens is 364 g/mol. The minimum atomic E-state index is -0.257. The molecule has 0 aliphatic heterocycles. The van der Waals surface area contributed by atoms with Crippen molar-refractivity contribution in [3.63, 3.8) is 0 Å². The zero-order valence-corrected chi connectivity index (χ0v) is 17.0. The van der Waals surface area contributed by atoms with E-state index in [1.807, 2.05) is 20.8 Å². The molecule has 0 amide bonds. The first-order chi connectivity index (χ1) is 12.0. The van der Waals surface area contributed by atoms with Gasteiger partial charge in [-0.2, -0.15) is 0 Å². The van der Waals surface area contributed by atoms with Gasteiger partial charge in [0.2, 0.25) is 0 Å². The number of carbonyl (C=O) groups is 1. The fraction of sp³-hybridized carbons (Fsp3) is 0.529. The molecule has 1 rings (SSSR count). The maximum absolute atomic E-state index is 11.4. The summed E-state index contributed by atoms with van der Waals surface area (Å²) < 4.78 is 15.4. The number of halogens is 1. The lowest BCUT2D eigenvalue weighted by Crippen LogP contribution is -2.30. The fourth-order valence-corrected chi connectivity index (χ4v) is 2.13. The largest absolute Gasteiger partial charge is 0.495 e. The van der Waals surface area contributed by atoms with Gasteiger partial charge in [0.25, 0.3) is 0 Å². The lowest BCUT2D eigenvalue weighted by Gasteiger charge is -2.15. The third-order valence-electron chi connectivity index (χ3n) is 2.80. The van der Waals surface area contributed by atoms with Crippen molar-refractivity contribution in [1.82, 2.24) is 5.32 Å². The summed E-state index contributed by atoms with van der Waals surface area (Å²) in [6, 6.07) is 3.32. The van der Waals surface area contributed by atoms with Crippen LogP contribution in [0.1, 0.15) is 33.6 Å². The molecule has 1 aromatic rings. The number of nitrogens with one attached hydrogen (secondary N) is 2. The van der Waals surface area contributed by atoms with Crippen LogP contribution in [-0.4, -0.2) is 38.5 Å². The second-order valence-electron chi connectivity index (χ2n) is 4.54. The SMILES string of the molecule is CC.CCCOC(=O)CCNC(=S)Nc1cc(OC)c(Cl)cc1OC. The summed E-state index contributed by atoms with van der Waals surface area (Å²) >= 11 is 11.2. The number of hydrogen-bond donors (Lipinski definition) is 2. The van der Waals surface area contributed by atoms with Gasteiger partial charge in [-0.25, -0.2) is 0 Å². The van der Waals surface area contributed by atoms with Crippen LogP contribution in [0.25, 0.3) is 0 Å². The van der Waals surface area contributed by atoms with Gasteiger partial charge in [0.15, 0.2) is 5.11 Å². The first kappa shape index (κ1) is 23.3. The molecule has 0 saturated heterocycles. The lowest BCUT2D eigenvalue weighted by molar-refractivity contribution is -0.143. The summed E-state index contributed by atoms with van der Waals surface area (Å²) in [7, 11) is 3.06. The monoisotopic (exact) mass is 390 g/mol. The first-order valence-electron chi connectivity index (χ1n) is 8.13. The van der Waals surface area contributed by atoms with Crippen LogP contribution in [0, 0.1) is 0 Å².